The molecule has 0 radical (unpaired) electrons. The van der Waals surface area contributed by atoms with Gasteiger partial charge in [-0.05, 0) is 45.9 Å². The predicted molar refractivity (Wildman–Crippen MR) is 75.8 cm³/mol. The van der Waals surface area contributed by atoms with E-state index in [1.165, 1.54) is 0 Å². The van der Waals surface area contributed by atoms with Gasteiger partial charge in [-0.25, -0.2) is 0 Å². The van der Waals surface area contributed by atoms with Gasteiger partial charge >= 0.3 is 0 Å². The maximum atomic E-state index is 12.2. The third-order valence-corrected chi connectivity index (χ3v) is 4.16. The molecule has 0 fully saturated rings. The summed E-state index contributed by atoms with van der Waals surface area (Å²) in [5.74, 6) is -0.0135. The Morgan fingerprint density at radius 3 is 2.78 bits per heavy atom. The van der Waals surface area contributed by atoms with E-state index in [1.807, 2.05) is 24.4 Å². The van der Waals surface area contributed by atoms with Gasteiger partial charge in [-0.15, -0.1) is 11.3 Å². The van der Waals surface area contributed by atoms with Crippen LogP contribution in [0.3, 0.4) is 0 Å². The topological polar surface area (TPSA) is 38.1 Å². The number of halogens is 1. The summed E-state index contributed by atoms with van der Waals surface area (Å²) in [6, 6.07) is 3.84. The van der Waals surface area contributed by atoms with Gasteiger partial charge in [-0.3, -0.25) is 9.48 Å². The van der Waals surface area contributed by atoms with Gasteiger partial charge in [0.05, 0.1) is 9.48 Å². The smallest absolute Gasteiger partial charge is 0.272 e. The highest BCUT2D eigenvalue weighted by molar-refractivity contribution is 9.11. The molecule has 0 bridgehead atoms. The highest BCUT2D eigenvalue weighted by atomic mass is 79.9. The first kappa shape index (κ1) is 13.3. The summed E-state index contributed by atoms with van der Waals surface area (Å²) in [6.45, 7) is 2.48. The number of hydrogen-bond donors (Lipinski definition) is 0. The number of aromatic nitrogens is 2. The largest absolute Gasteiger partial charge is 0.336 e. The van der Waals surface area contributed by atoms with E-state index < -0.39 is 0 Å². The van der Waals surface area contributed by atoms with Gasteiger partial charge < -0.3 is 4.90 Å². The summed E-state index contributed by atoms with van der Waals surface area (Å²) < 4.78 is 2.70. The van der Waals surface area contributed by atoms with Crippen LogP contribution in [0.5, 0.6) is 0 Å². The Morgan fingerprint density at radius 2 is 2.28 bits per heavy atom. The van der Waals surface area contributed by atoms with Crippen LogP contribution in [0.4, 0.5) is 0 Å². The molecule has 0 unspecified atom stereocenters. The Labute approximate surface area is 118 Å². The van der Waals surface area contributed by atoms with E-state index in [4.69, 9.17) is 0 Å². The van der Waals surface area contributed by atoms with E-state index >= 15 is 0 Å². The molecule has 18 heavy (non-hydrogen) atoms. The quantitative estimate of drug-likeness (QED) is 0.869. The Morgan fingerprint density at radius 1 is 1.56 bits per heavy atom. The molecular weight excluding hydrogens is 314 g/mol. The molecule has 0 spiro atoms. The summed E-state index contributed by atoms with van der Waals surface area (Å²) in [5, 5.41) is 6.23. The van der Waals surface area contributed by atoms with Crippen LogP contribution >= 0.6 is 27.3 Å². The van der Waals surface area contributed by atoms with Crippen molar-refractivity contribution in [3.63, 3.8) is 0 Å². The molecule has 0 N–H and O–H groups in total. The Balaban J connectivity index is 2.11. The van der Waals surface area contributed by atoms with Crippen LogP contribution < -0.4 is 0 Å². The van der Waals surface area contributed by atoms with Crippen LogP contribution in [0, 0.1) is 6.92 Å². The monoisotopic (exact) mass is 327 g/mol. The minimum absolute atomic E-state index is 0.0135. The first-order chi connectivity index (χ1) is 8.47. The number of nitrogens with zero attached hydrogens (tertiary/aromatic N) is 3. The summed E-state index contributed by atoms with van der Waals surface area (Å²) >= 11 is 5.04. The standard InChI is InChI=1S/C12H14BrN3OS/c1-8-4-10(16(3)14-8)12(17)15(2)6-9-5-11(13)18-7-9/h4-5,7H,6H2,1-3H3. The number of carbonyl (C=O) groups excluding carboxylic acids is 1. The average molecular weight is 328 g/mol. The summed E-state index contributed by atoms with van der Waals surface area (Å²) in [4.78, 5) is 13.9. The van der Waals surface area contributed by atoms with E-state index in [0.717, 1.165) is 15.0 Å². The van der Waals surface area contributed by atoms with Gasteiger partial charge in [0.15, 0.2) is 0 Å². The molecule has 6 heteroatoms. The number of rotatable bonds is 3. The highest BCUT2D eigenvalue weighted by Gasteiger charge is 2.16. The summed E-state index contributed by atoms with van der Waals surface area (Å²) in [7, 11) is 3.59. The number of thiophene rings is 1. The maximum Gasteiger partial charge on any atom is 0.272 e. The Kier molecular flexibility index (Phi) is 3.87. The van der Waals surface area contributed by atoms with Gasteiger partial charge in [0.25, 0.3) is 5.91 Å². The second-order valence-corrected chi connectivity index (χ2v) is 6.51. The molecule has 0 aromatic carbocycles. The van der Waals surface area contributed by atoms with Crippen molar-refractivity contribution in [2.45, 2.75) is 13.5 Å². The zero-order valence-electron chi connectivity index (χ0n) is 10.5. The highest BCUT2D eigenvalue weighted by Crippen LogP contribution is 2.21. The fourth-order valence-corrected chi connectivity index (χ4v) is 2.98. The molecule has 0 aliphatic heterocycles. The van der Waals surface area contributed by atoms with Gasteiger partial charge in [0.2, 0.25) is 0 Å². The lowest BCUT2D eigenvalue weighted by Crippen LogP contribution is -2.27. The number of hydrogen-bond acceptors (Lipinski definition) is 3. The molecule has 0 saturated carbocycles. The van der Waals surface area contributed by atoms with Crippen LogP contribution in [0.15, 0.2) is 21.3 Å². The van der Waals surface area contributed by atoms with E-state index in [0.29, 0.717) is 12.2 Å². The lowest BCUT2D eigenvalue weighted by Gasteiger charge is -2.16. The number of aryl methyl sites for hydroxylation is 2. The molecule has 0 atom stereocenters. The van der Waals surface area contributed by atoms with Gasteiger partial charge in [-0.1, -0.05) is 0 Å². The fraction of sp³-hybridized carbons (Fsp3) is 0.333. The SMILES string of the molecule is Cc1cc(C(=O)N(C)Cc2csc(Br)c2)n(C)n1. The second-order valence-electron chi connectivity index (χ2n) is 4.21. The van der Waals surface area contributed by atoms with Gasteiger partial charge in [0.1, 0.15) is 5.69 Å². The molecule has 1 amide bonds. The summed E-state index contributed by atoms with van der Waals surface area (Å²) in [6.07, 6.45) is 0. The number of amides is 1. The van der Waals surface area contributed by atoms with E-state index in [1.54, 1.807) is 35.0 Å². The zero-order chi connectivity index (χ0) is 13.3. The molecule has 96 valence electrons. The second kappa shape index (κ2) is 5.24. The molecule has 0 aliphatic rings. The van der Waals surface area contributed by atoms with Crippen molar-refractivity contribution in [2.75, 3.05) is 7.05 Å². The van der Waals surface area contributed by atoms with Crippen LogP contribution in [0.2, 0.25) is 0 Å². The predicted octanol–water partition coefficient (Wildman–Crippen LogP) is 2.82. The van der Waals surface area contributed by atoms with Gasteiger partial charge in [0, 0.05) is 20.6 Å². The molecular formula is C12H14BrN3OS. The molecule has 2 heterocycles. The molecule has 2 aromatic heterocycles. The molecule has 2 aromatic rings. The molecule has 4 nitrogen and oxygen atoms in total. The molecule has 0 aliphatic carbocycles. The lowest BCUT2D eigenvalue weighted by molar-refractivity contribution is 0.0774. The Bertz CT molecular complexity index is 576. The van der Waals surface area contributed by atoms with E-state index in [9.17, 15) is 4.79 Å². The Hall–Kier alpha value is -1.14. The van der Waals surface area contributed by atoms with Crippen LogP contribution in [0.25, 0.3) is 0 Å². The van der Waals surface area contributed by atoms with E-state index in [2.05, 4.69) is 21.0 Å². The third-order valence-electron chi connectivity index (χ3n) is 2.61. The molecule has 0 saturated heterocycles. The summed E-state index contributed by atoms with van der Waals surface area (Å²) in [5.41, 5.74) is 2.60. The lowest BCUT2D eigenvalue weighted by atomic mass is 10.3. The zero-order valence-corrected chi connectivity index (χ0v) is 12.9. The van der Waals surface area contributed by atoms with Crippen molar-refractivity contribution in [3.8, 4) is 0 Å². The molecule has 2 rings (SSSR count). The van der Waals surface area contributed by atoms with Crippen molar-refractivity contribution >= 4 is 33.2 Å². The minimum Gasteiger partial charge on any atom is -0.336 e. The van der Waals surface area contributed by atoms with Crippen molar-refractivity contribution in [1.82, 2.24) is 14.7 Å². The van der Waals surface area contributed by atoms with Crippen molar-refractivity contribution in [2.24, 2.45) is 7.05 Å². The van der Waals surface area contributed by atoms with Crippen molar-refractivity contribution in [3.05, 3.63) is 38.3 Å². The van der Waals surface area contributed by atoms with E-state index in [-0.39, 0.29) is 5.91 Å². The third kappa shape index (κ3) is 2.81. The average Bonchev–Trinajstić information content (AvgIpc) is 2.84. The van der Waals surface area contributed by atoms with Crippen LogP contribution in [-0.2, 0) is 13.6 Å². The first-order valence-electron chi connectivity index (χ1n) is 5.46. The van der Waals surface area contributed by atoms with Crippen molar-refractivity contribution in [1.29, 1.82) is 0 Å². The minimum atomic E-state index is -0.0135. The van der Waals surface area contributed by atoms with Gasteiger partial charge in [-0.2, -0.15) is 5.10 Å². The maximum absolute atomic E-state index is 12.2. The first-order valence-corrected chi connectivity index (χ1v) is 7.13. The van der Waals surface area contributed by atoms with Crippen LogP contribution in [-0.4, -0.2) is 27.6 Å². The van der Waals surface area contributed by atoms with Crippen LogP contribution in [0.1, 0.15) is 21.7 Å². The fourth-order valence-electron chi connectivity index (χ4n) is 1.78. The number of carbonyl (C=O) groups is 1. The van der Waals surface area contributed by atoms with Crippen molar-refractivity contribution < 1.29 is 4.79 Å². The normalized spacial score (nSPS) is 10.7.